The van der Waals surface area contributed by atoms with Gasteiger partial charge in [-0.1, -0.05) is 11.6 Å². The first kappa shape index (κ1) is 11.6. The first-order chi connectivity index (χ1) is 5.99. The van der Waals surface area contributed by atoms with Gasteiger partial charge in [0, 0.05) is 0 Å². The van der Waals surface area contributed by atoms with Crippen molar-refractivity contribution in [1.29, 1.82) is 0 Å². The van der Waals surface area contributed by atoms with Gasteiger partial charge in [-0.15, -0.1) is 0 Å². The summed E-state index contributed by atoms with van der Waals surface area (Å²) in [5.41, 5.74) is 1.09. The van der Waals surface area contributed by atoms with Gasteiger partial charge in [0.1, 0.15) is 5.57 Å². The molecule has 0 saturated carbocycles. The molecule has 0 bridgehead atoms. The van der Waals surface area contributed by atoms with E-state index in [1.165, 1.54) is 20.1 Å². The molecule has 3 nitrogen and oxygen atoms in total. The smallest absolute Gasteiger partial charge is 0.341 e. The summed E-state index contributed by atoms with van der Waals surface area (Å²) in [5.74, 6) is -0.880. The SMILES string of the molecule is COC(=O)/C(=C/C=C(C)C)C(C)=O. The van der Waals surface area contributed by atoms with Gasteiger partial charge in [-0.05, 0) is 26.8 Å². The Morgan fingerprint density at radius 2 is 1.62 bits per heavy atom. The van der Waals surface area contributed by atoms with Crippen LogP contribution in [0, 0.1) is 0 Å². The third-order valence-corrected chi connectivity index (χ3v) is 1.37. The Hall–Kier alpha value is -1.38. The fraction of sp³-hybridized carbons (Fsp3) is 0.400. The van der Waals surface area contributed by atoms with Gasteiger partial charge in [0.2, 0.25) is 0 Å². The lowest BCUT2D eigenvalue weighted by molar-refractivity contribution is -0.137. The quantitative estimate of drug-likeness (QED) is 0.219. The van der Waals surface area contributed by atoms with Crippen LogP contribution in [0.15, 0.2) is 23.3 Å². The van der Waals surface area contributed by atoms with Gasteiger partial charge < -0.3 is 4.74 Å². The zero-order valence-corrected chi connectivity index (χ0v) is 8.38. The fourth-order valence-electron chi connectivity index (χ4n) is 0.689. The predicted molar refractivity (Wildman–Crippen MR) is 50.2 cm³/mol. The van der Waals surface area contributed by atoms with Crippen LogP contribution in [0.1, 0.15) is 20.8 Å². The number of ketones is 1. The molecule has 0 aliphatic carbocycles. The number of methoxy groups -OCH3 is 1. The third-order valence-electron chi connectivity index (χ3n) is 1.37. The summed E-state index contributed by atoms with van der Waals surface area (Å²) in [6.45, 7) is 5.10. The molecule has 0 aromatic heterocycles. The normalized spacial score (nSPS) is 10.6. The maximum Gasteiger partial charge on any atom is 0.341 e. The van der Waals surface area contributed by atoms with Crippen molar-refractivity contribution >= 4 is 11.8 Å². The van der Waals surface area contributed by atoms with Gasteiger partial charge >= 0.3 is 5.97 Å². The Morgan fingerprint density at radius 1 is 1.08 bits per heavy atom. The van der Waals surface area contributed by atoms with Crippen molar-refractivity contribution in [2.75, 3.05) is 7.11 Å². The van der Waals surface area contributed by atoms with Crippen molar-refractivity contribution in [2.45, 2.75) is 20.8 Å². The average Bonchev–Trinajstić information content (AvgIpc) is 2.03. The predicted octanol–water partition coefficient (Wildman–Crippen LogP) is 1.64. The highest BCUT2D eigenvalue weighted by Gasteiger charge is 2.12. The molecular formula is C10H14O3. The fourth-order valence-corrected chi connectivity index (χ4v) is 0.689. The summed E-state index contributed by atoms with van der Waals surface area (Å²) in [6.07, 6.45) is 3.18. The molecule has 0 aliphatic heterocycles. The summed E-state index contributed by atoms with van der Waals surface area (Å²) in [5, 5.41) is 0. The molecular weight excluding hydrogens is 168 g/mol. The Labute approximate surface area is 78.1 Å². The molecule has 0 rings (SSSR count). The number of carbonyl (C=O) groups excluding carboxylic acids is 2. The number of carbonyl (C=O) groups is 2. The summed E-state index contributed by atoms with van der Waals surface area (Å²) in [4.78, 5) is 22.0. The van der Waals surface area contributed by atoms with Crippen LogP contribution in [0.2, 0.25) is 0 Å². The van der Waals surface area contributed by atoms with Gasteiger partial charge in [0.15, 0.2) is 5.78 Å². The maximum absolute atomic E-state index is 11.0. The highest BCUT2D eigenvalue weighted by molar-refractivity contribution is 6.16. The van der Waals surface area contributed by atoms with E-state index in [0.29, 0.717) is 0 Å². The number of rotatable bonds is 3. The highest BCUT2D eigenvalue weighted by atomic mass is 16.5. The first-order valence-electron chi connectivity index (χ1n) is 3.93. The van der Waals surface area contributed by atoms with E-state index >= 15 is 0 Å². The highest BCUT2D eigenvalue weighted by Crippen LogP contribution is 2.01. The minimum absolute atomic E-state index is 0.0729. The minimum Gasteiger partial charge on any atom is -0.465 e. The second kappa shape index (κ2) is 5.30. The van der Waals surface area contributed by atoms with Gasteiger partial charge in [-0.3, -0.25) is 4.79 Å². The van der Waals surface area contributed by atoms with Crippen LogP contribution in [0.4, 0.5) is 0 Å². The Balaban J connectivity index is 4.82. The van der Waals surface area contributed by atoms with Crippen LogP contribution >= 0.6 is 0 Å². The molecule has 0 fully saturated rings. The maximum atomic E-state index is 11.0. The molecule has 13 heavy (non-hydrogen) atoms. The van der Waals surface area contributed by atoms with E-state index in [9.17, 15) is 9.59 Å². The second-order valence-corrected chi connectivity index (χ2v) is 2.87. The van der Waals surface area contributed by atoms with Crippen LogP contribution in [0.3, 0.4) is 0 Å². The topological polar surface area (TPSA) is 43.4 Å². The zero-order valence-electron chi connectivity index (χ0n) is 8.38. The Kier molecular flexibility index (Phi) is 4.74. The van der Waals surface area contributed by atoms with Gasteiger partial charge in [0.05, 0.1) is 7.11 Å². The second-order valence-electron chi connectivity index (χ2n) is 2.87. The van der Waals surface area contributed by atoms with E-state index in [1.54, 1.807) is 6.08 Å². The van der Waals surface area contributed by atoms with Gasteiger partial charge in [0.25, 0.3) is 0 Å². The van der Waals surface area contributed by atoms with E-state index in [1.807, 2.05) is 13.8 Å². The molecule has 0 amide bonds. The Morgan fingerprint density at radius 3 is 1.92 bits per heavy atom. The summed E-state index contributed by atoms with van der Waals surface area (Å²) >= 11 is 0. The lowest BCUT2D eigenvalue weighted by Crippen LogP contribution is -2.11. The van der Waals surface area contributed by atoms with Gasteiger partial charge in [-0.25, -0.2) is 4.79 Å². The van der Waals surface area contributed by atoms with Gasteiger partial charge in [-0.2, -0.15) is 0 Å². The molecule has 0 unspecified atom stereocenters. The zero-order chi connectivity index (χ0) is 10.4. The van der Waals surface area contributed by atoms with Crippen molar-refractivity contribution in [2.24, 2.45) is 0 Å². The van der Waals surface area contributed by atoms with Crippen LogP contribution in [0.25, 0.3) is 0 Å². The van der Waals surface area contributed by atoms with E-state index in [2.05, 4.69) is 4.74 Å². The molecule has 0 aromatic carbocycles. The van der Waals surface area contributed by atoms with Crippen molar-refractivity contribution in [3.63, 3.8) is 0 Å². The van der Waals surface area contributed by atoms with Crippen molar-refractivity contribution in [3.8, 4) is 0 Å². The standard InChI is InChI=1S/C10H14O3/c1-7(2)5-6-9(8(3)11)10(12)13-4/h5-6H,1-4H3/b9-6+. The molecule has 0 spiro atoms. The number of esters is 1. The molecule has 3 heteroatoms. The summed E-state index contributed by atoms with van der Waals surface area (Å²) < 4.78 is 4.45. The number of allylic oxidation sites excluding steroid dienone is 3. The van der Waals surface area contributed by atoms with E-state index in [-0.39, 0.29) is 11.4 Å². The van der Waals surface area contributed by atoms with Crippen LogP contribution < -0.4 is 0 Å². The molecule has 72 valence electrons. The lowest BCUT2D eigenvalue weighted by atomic mass is 10.1. The monoisotopic (exact) mass is 182 g/mol. The van der Waals surface area contributed by atoms with E-state index in [0.717, 1.165) is 5.57 Å². The molecule has 0 N–H and O–H groups in total. The van der Waals surface area contributed by atoms with Crippen LogP contribution in [-0.2, 0) is 14.3 Å². The average molecular weight is 182 g/mol. The minimum atomic E-state index is -0.593. The van der Waals surface area contributed by atoms with Crippen LogP contribution in [-0.4, -0.2) is 18.9 Å². The largest absolute Gasteiger partial charge is 0.465 e. The summed E-state index contributed by atoms with van der Waals surface area (Å²) in [6, 6.07) is 0. The molecule has 0 saturated heterocycles. The molecule has 0 aliphatic rings. The molecule has 0 heterocycles. The number of ether oxygens (including phenoxy) is 1. The first-order valence-corrected chi connectivity index (χ1v) is 3.93. The number of hydrogen-bond acceptors (Lipinski definition) is 3. The number of hydrogen-bond donors (Lipinski definition) is 0. The van der Waals surface area contributed by atoms with Crippen molar-refractivity contribution in [1.82, 2.24) is 0 Å². The van der Waals surface area contributed by atoms with Crippen LogP contribution in [0.5, 0.6) is 0 Å². The Bertz CT molecular complexity index is 268. The molecule has 0 aromatic rings. The van der Waals surface area contributed by atoms with E-state index in [4.69, 9.17) is 0 Å². The third kappa shape index (κ3) is 4.25. The number of Topliss-reactive ketones (excluding diaryl/α,β-unsaturated/α-hetero) is 1. The lowest BCUT2D eigenvalue weighted by Gasteiger charge is -1.98. The van der Waals surface area contributed by atoms with E-state index < -0.39 is 5.97 Å². The van der Waals surface area contributed by atoms with Crippen molar-refractivity contribution < 1.29 is 14.3 Å². The van der Waals surface area contributed by atoms with Crippen molar-refractivity contribution in [3.05, 3.63) is 23.3 Å². The molecule has 0 radical (unpaired) electrons. The molecule has 0 atom stereocenters. The summed E-state index contributed by atoms with van der Waals surface area (Å²) in [7, 11) is 1.25.